The fourth-order valence-electron chi connectivity index (χ4n) is 3.80. The molecule has 132 valence electrons. The van der Waals surface area contributed by atoms with Crippen molar-refractivity contribution in [1.29, 1.82) is 0 Å². The van der Waals surface area contributed by atoms with Crippen LogP contribution in [0.3, 0.4) is 0 Å². The lowest BCUT2D eigenvalue weighted by Gasteiger charge is -2.23. The van der Waals surface area contributed by atoms with E-state index < -0.39 is 0 Å². The molecule has 0 bridgehead atoms. The van der Waals surface area contributed by atoms with E-state index in [0.717, 1.165) is 24.1 Å². The molecule has 1 saturated carbocycles. The van der Waals surface area contributed by atoms with Gasteiger partial charge in [0, 0.05) is 30.9 Å². The van der Waals surface area contributed by atoms with Crippen LogP contribution in [0, 0.1) is 17.5 Å². The Balaban J connectivity index is 1.83. The number of halogens is 3. The van der Waals surface area contributed by atoms with Gasteiger partial charge in [-0.1, -0.05) is 30.1 Å². The van der Waals surface area contributed by atoms with Crippen molar-refractivity contribution in [2.45, 2.75) is 38.6 Å². The van der Waals surface area contributed by atoms with E-state index in [1.165, 1.54) is 12.8 Å². The first kappa shape index (κ1) is 17.2. The van der Waals surface area contributed by atoms with Crippen LogP contribution >= 0.6 is 23.2 Å². The molecule has 1 atom stereocenters. The summed E-state index contributed by atoms with van der Waals surface area (Å²) < 4.78 is 1.77. The molecule has 7 heteroatoms. The van der Waals surface area contributed by atoms with Gasteiger partial charge in [0.05, 0.1) is 10.7 Å². The summed E-state index contributed by atoms with van der Waals surface area (Å²) in [5.41, 5.74) is 1.78. The van der Waals surface area contributed by atoms with Gasteiger partial charge >= 0.3 is 0 Å². The third kappa shape index (κ3) is 3.05. The second kappa shape index (κ2) is 6.49. The minimum absolute atomic E-state index is 0.102. The molecule has 1 aliphatic heterocycles. The van der Waals surface area contributed by atoms with Gasteiger partial charge in [-0.2, -0.15) is 0 Å². The zero-order valence-corrected chi connectivity index (χ0v) is 16.2. The zero-order valence-electron chi connectivity index (χ0n) is 13.8. The van der Waals surface area contributed by atoms with Crippen molar-refractivity contribution in [3.05, 3.63) is 49.4 Å². The Labute approximate surface area is 161 Å². The maximum atomic E-state index is 13.2. The molecule has 25 heavy (non-hydrogen) atoms. The number of anilines is 2. The summed E-state index contributed by atoms with van der Waals surface area (Å²) in [4.78, 5) is 19.4. The maximum Gasteiger partial charge on any atom is 0.294 e. The first-order valence-corrected chi connectivity index (χ1v) is 9.71. The third-order valence-corrected chi connectivity index (χ3v) is 5.78. The Kier molecular flexibility index (Phi) is 4.47. The van der Waals surface area contributed by atoms with Gasteiger partial charge in [0.15, 0.2) is 11.6 Å². The molecule has 0 N–H and O–H groups in total. The zero-order chi connectivity index (χ0) is 17.7. The van der Waals surface area contributed by atoms with Crippen LogP contribution in [0.15, 0.2) is 23.1 Å². The highest BCUT2D eigenvalue weighted by Crippen LogP contribution is 2.42. The van der Waals surface area contributed by atoms with Crippen LogP contribution in [0.4, 0.5) is 11.5 Å². The average molecular weight is 400 g/mol. The maximum absolute atomic E-state index is 13.2. The Bertz CT molecular complexity index is 892. The number of fused-ring (bicyclic) bond motifs is 1. The molecular formula is C18H19Cl3N3O+. The summed E-state index contributed by atoms with van der Waals surface area (Å²) in [5.74, 6) is 0.913. The van der Waals surface area contributed by atoms with E-state index in [1.807, 2.05) is 11.0 Å². The molecule has 1 aromatic heterocycles. The van der Waals surface area contributed by atoms with Crippen LogP contribution < -0.4 is 10.5 Å². The Hall–Kier alpha value is -1.23. The topological polar surface area (TPSA) is 38.1 Å². The fourth-order valence-corrected chi connectivity index (χ4v) is 4.66. The van der Waals surface area contributed by atoms with E-state index in [0.29, 0.717) is 33.5 Å². The summed E-state index contributed by atoms with van der Waals surface area (Å²) >= 11 is 17.9. The Morgan fingerprint density at radius 2 is 2.12 bits per heavy atom. The van der Waals surface area contributed by atoms with Gasteiger partial charge in [0.2, 0.25) is 10.8 Å². The van der Waals surface area contributed by atoms with Crippen molar-refractivity contribution in [1.82, 2.24) is 9.55 Å². The van der Waals surface area contributed by atoms with E-state index in [9.17, 15) is 4.79 Å². The van der Waals surface area contributed by atoms with Crippen molar-refractivity contribution >= 4 is 34.7 Å². The molecule has 2 heterocycles. The van der Waals surface area contributed by atoms with Gasteiger partial charge in [-0.3, -0.25) is 4.79 Å². The van der Waals surface area contributed by atoms with Gasteiger partial charge in [0.1, 0.15) is 5.15 Å². The smallest absolute Gasteiger partial charge is 0.294 e. The molecule has 0 amide bonds. The molecule has 0 saturated heterocycles. The van der Waals surface area contributed by atoms with Crippen molar-refractivity contribution < 1.29 is 11.6 Å². The molecule has 1 aromatic carbocycles. The summed E-state index contributed by atoms with van der Waals surface area (Å²) in [5, 5.41) is 1.60. The van der Waals surface area contributed by atoms with Crippen LogP contribution in [0.5, 0.6) is 0 Å². The van der Waals surface area contributed by atoms with Gasteiger partial charge in [-0.25, -0.2) is 4.98 Å². The van der Waals surface area contributed by atoms with Crippen LogP contribution in [-0.2, 0) is 6.42 Å². The highest BCUT2D eigenvalue weighted by atomic mass is 35.5. The first-order valence-electron chi connectivity index (χ1n) is 8.55. The molecule has 2 aliphatic rings. The van der Waals surface area contributed by atoms with Crippen LogP contribution in [0.2, 0.25) is 15.2 Å². The van der Waals surface area contributed by atoms with Gasteiger partial charge in [-0.05, 0) is 37.2 Å². The van der Waals surface area contributed by atoms with E-state index in [-0.39, 0.29) is 11.6 Å². The lowest BCUT2D eigenvalue weighted by molar-refractivity contribution is -0.288. The number of hydrogen-bond acceptors (Lipinski definition) is 3. The third-order valence-electron chi connectivity index (χ3n) is 5.07. The molecule has 4 rings (SSSR count). The predicted molar refractivity (Wildman–Crippen MR) is 98.3 cm³/mol. The van der Waals surface area contributed by atoms with E-state index in [4.69, 9.17) is 34.8 Å². The quantitative estimate of drug-likeness (QED) is 0.769. The number of aromatic nitrogens is 2. The summed E-state index contributed by atoms with van der Waals surface area (Å²) in [6, 6.07) is 3.87. The first-order chi connectivity index (χ1) is 12.0. The molecule has 0 unspecified atom stereocenters. The number of rotatable bonds is 4. The summed E-state index contributed by atoms with van der Waals surface area (Å²) in [6.07, 6.45) is 5.69. The van der Waals surface area contributed by atoms with E-state index >= 15 is 0 Å². The molecule has 0 spiro atoms. The summed E-state index contributed by atoms with van der Waals surface area (Å²) in [7, 11) is 0. The molecule has 1 fully saturated rings. The van der Waals surface area contributed by atoms with E-state index in [2.05, 4.69) is 11.9 Å². The van der Waals surface area contributed by atoms with Gasteiger partial charge in [-0.15, -0.1) is 0 Å². The van der Waals surface area contributed by atoms with Crippen molar-refractivity contribution in [3.8, 4) is 0 Å². The Morgan fingerprint density at radius 1 is 1.36 bits per heavy atom. The highest BCUT2D eigenvalue weighted by molar-refractivity contribution is 6.33. The standard InChI is InChI=1S/C18H19Cl3N3O/c1-2-14(10-3-4-10)24-9-15(21)22-17(18(24)25)23-6-5-11-7-12(19)8-13(20)16(11)23/h7-10,14,19H,2-6H2,1H3/q+1/t14-/m1/s1. The average Bonchev–Trinajstić information content (AvgIpc) is 3.30. The van der Waals surface area contributed by atoms with Crippen molar-refractivity contribution in [2.75, 3.05) is 11.4 Å². The fraction of sp³-hybridized carbons (Fsp3) is 0.444. The molecule has 1 aliphatic carbocycles. The minimum atomic E-state index is -0.102. The lowest BCUT2D eigenvalue weighted by Crippen LogP contribution is -2.32. The van der Waals surface area contributed by atoms with Crippen LogP contribution in [0.25, 0.3) is 0 Å². The summed E-state index contributed by atoms with van der Waals surface area (Å²) in [6.45, 7) is 2.76. The van der Waals surface area contributed by atoms with Crippen molar-refractivity contribution in [3.63, 3.8) is 0 Å². The molecular weight excluding hydrogens is 381 g/mol. The predicted octanol–water partition coefficient (Wildman–Crippen LogP) is 4.30. The largest absolute Gasteiger partial charge is 0.320 e. The Morgan fingerprint density at radius 3 is 2.80 bits per heavy atom. The monoisotopic (exact) mass is 398 g/mol. The van der Waals surface area contributed by atoms with Gasteiger partial charge < -0.3 is 9.47 Å². The second-order valence-corrected chi connectivity index (χ2v) is 7.99. The highest BCUT2D eigenvalue weighted by Gasteiger charge is 2.34. The lowest BCUT2D eigenvalue weighted by atomic mass is 10.1. The van der Waals surface area contributed by atoms with Crippen LogP contribution in [0.1, 0.15) is 37.8 Å². The number of hydrogen-bond donors (Lipinski definition) is 0. The SMILES string of the molecule is CC[C@H](C1CC1)n1cc(Cl)nc(N2CCc3cc([ClH+])cc(Cl)c32)c1=O. The molecule has 4 nitrogen and oxygen atoms in total. The van der Waals surface area contributed by atoms with Gasteiger partial charge in [0.25, 0.3) is 5.56 Å². The molecule has 0 radical (unpaired) electrons. The normalized spacial score (nSPS) is 17.7. The van der Waals surface area contributed by atoms with E-state index in [1.54, 1.807) is 16.8 Å². The second-order valence-electron chi connectivity index (χ2n) is 6.73. The van der Waals surface area contributed by atoms with Crippen LogP contribution in [-0.4, -0.2) is 16.1 Å². The van der Waals surface area contributed by atoms with Crippen molar-refractivity contribution in [2.24, 2.45) is 5.92 Å². The number of nitrogens with zero attached hydrogens (tertiary/aromatic N) is 3. The molecule has 2 aromatic rings. The minimum Gasteiger partial charge on any atom is -0.320 e. The number of benzene rings is 1.